The van der Waals surface area contributed by atoms with E-state index in [1.807, 2.05) is 36.7 Å². The van der Waals surface area contributed by atoms with Crippen LogP contribution in [0.4, 0.5) is 5.69 Å². The van der Waals surface area contributed by atoms with Crippen molar-refractivity contribution in [1.29, 1.82) is 0 Å². The van der Waals surface area contributed by atoms with E-state index in [9.17, 15) is 4.79 Å². The Balaban J connectivity index is 1.59. The molecule has 5 nitrogen and oxygen atoms in total. The van der Waals surface area contributed by atoms with Crippen LogP contribution >= 0.6 is 23.4 Å². The molecule has 1 aliphatic rings. The molecule has 1 aromatic carbocycles. The second-order valence-corrected chi connectivity index (χ2v) is 7.83. The molecule has 1 aliphatic carbocycles. The zero-order valence-electron chi connectivity index (χ0n) is 14.6. The molecular formula is C18H23ClN4OS. The van der Waals surface area contributed by atoms with Gasteiger partial charge in [0.25, 0.3) is 0 Å². The second kappa shape index (κ2) is 8.23. The van der Waals surface area contributed by atoms with Crippen molar-refractivity contribution in [2.24, 2.45) is 7.05 Å². The molecule has 1 heterocycles. The minimum Gasteiger partial charge on any atom is -0.325 e. The molecule has 0 aliphatic heterocycles. The summed E-state index contributed by atoms with van der Waals surface area (Å²) >= 11 is 7.50. The molecule has 0 atom stereocenters. The van der Waals surface area contributed by atoms with Crippen LogP contribution in [0, 0.1) is 6.92 Å². The largest absolute Gasteiger partial charge is 0.325 e. The molecule has 0 radical (unpaired) electrons. The fraction of sp³-hybridized carbons (Fsp3) is 0.500. The maximum atomic E-state index is 12.2. The number of halogens is 1. The predicted molar refractivity (Wildman–Crippen MR) is 102 cm³/mol. The van der Waals surface area contributed by atoms with Crippen LogP contribution in [0.5, 0.6) is 0 Å². The van der Waals surface area contributed by atoms with Gasteiger partial charge in [-0.2, -0.15) is 0 Å². The number of hydrogen-bond acceptors (Lipinski definition) is 4. The number of carbonyl (C=O) groups excluding carboxylic acids is 1. The number of carbonyl (C=O) groups is 1. The quantitative estimate of drug-likeness (QED) is 0.775. The molecule has 7 heteroatoms. The van der Waals surface area contributed by atoms with E-state index in [2.05, 4.69) is 15.5 Å². The first-order valence-electron chi connectivity index (χ1n) is 8.63. The van der Waals surface area contributed by atoms with Crippen LogP contribution in [0.3, 0.4) is 0 Å². The molecule has 1 aromatic heterocycles. The number of rotatable bonds is 5. The number of hydrogen-bond donors (Lipinski definition) is 1. The number of nitrogens with one attached hydrogen (secondary N) is 1. The number of nitrogens with zero attached hydrogens (tertiary/aromatic N) is 3. The first-order chi connectivity index (χ1) is 12.1. The van der Waals surface area contributed by atoms with Crippen LogP contribution in [0.1, 0.15) is 49.4 Å². The Hall–Kier alpha value is -1.53. The Labute approximate surface area is 157 Å². The zero-order valence-corrected chi connectivity index (χ0v) is 16.2. The van der Waals surface area contributed by atoms with Gasteiger partial charge in [-0.05, 0) is 37.5 Å². The third kappa shape index (κ3) is 4.36. The Kier molecular flexibility index (Phi) is 6.02. The Bertz CT molecular complexity index is 756. The van der Waals surface area contributed by atoms with E-state index in [-0.39, 0.29) is 5.91 Å². The van der Waals surface area contributed by atoms with Gasteiger partial charge in [0.15, 0.2) is 5.16 Å². The summed E-state index contributed by atoms with van der Waals surface area (Å²) in [7, 11) is 1.99. The summed E-state index contributed by atoms with van der Waals surface area (Å²) in [5, 5.41) is 13.0. The Morgan fingerprint density at radius 2 is 2.08 bits per heavy atom. The van der Waals surface area contributed by atoms with Gasteiger partial charge in [-0.25, -0.2) is 0 Å². The Morgan fingerprint density at radius 3 is 2.84 bits per heavy atom. The Morgan fingerprint density at radius 1 is 1.32 bits per heavy atom. The number of benzene rings is 1. The second-order valence-electron chi connectivity index (χ2n) is 6.48. The van der Waals surface area contributed by atoms with Crippen LogP contribution in [-0.2, 0) is 11.8 Å². The average Bonchev–Trinajstić information content (AvgIpc) is 2.99. The normalized spacial score (nSPS) is 15.3. The highest BCUT2D eigenvalue weighted by Gasteiger charge is 2.22. The van der Waals surface area contributed by atoms with Crippen molar-refractivity contribution in [3.05, 3.63) is 34.6 Å². The van der Waals surface area contributed by atoms with Gasteiger partial charge >= 0.3 is 0 Å². The molecule has 0 unspecified atom stereocenters. The van der Waals surface area contributed by atoms with E-state index in [1.54, 1.807) is 0 Å². The molecule has 0 saturated heterocycles. The lowest BCUT2D eigenvalue weighted by Gasteiger charge is -2.20. The lowest BCUT2D eigenvalue weighted by molar-refractivity contribution is -0.113. The van der Waals surface area contributed by atoms with Gasteiger partial charge in [0.2, 0.25) is 5.91 Å². The van der Waals surface area contributed by atoms with E-state index in [4.69, 9.17) is 11.6 Å². The fourth-order valence-corrected chi connectivity index (χ4v) is 4.12. The van der Waals surface area contributed by atoms with E-state index in [0.29, 0.717) is 16.7 Å². The van der Waals surface area contributed by atoms with Crippen LogP contribution in [0.2, 0.25) is 5.02 Å². The highest BCUT2D eigenvalue weighted by Crippen LogP contribution is 2.32. The van der Waals surface area contributed by atoms with Gasteiger partial charge in [0.1, 0.15) is 5.82 Å². The molecule has 1 fully saturated rings. The van der Waals surface area contributed by atoms with Gasteiger partial charge in [0, 0.05) is 23.7 Å². The molecule has 134 valence electrons. The highest BCUT2D eigenvalue weighted by atomic mass is 35.5. The van der Waals surface area contributed by atoms with Crippen LogP contribution in [-0.4, -0.2) is 26.4 Å². The minimum atomic E-state index is -0.0717. The van der Waals surface area contributed by atoms with Gasteiger partial charge in [-0.3, -0.25) is 4.79 Å². The lowest BCUT2D eigenvalue weighted by Crippen LogP contribution is -2.15. The van der Waals surface area contributed by atoms with Gasteiger partial charge in [0.05, 0.1) is 5.75 Å². The van der Waals surface area contributed by atoms with Crippen molar-refractivity contribution >= 4 is 35.0 Å². The van der Waals surface area contributed by atoms with Crippen molar-refractivity contribution in [1.82, 2.24) is 14.8 Å². The minimum absolute atomic E-state index is 0.0717. The van der Waals surface area contributed by atoms with Crippen LogP contribution < -0.4 is 5.32 Å². The molecular weight excluding hydrogens is 356 g/mol. The number of aromatic nitrogens is 3. The van der Waals surface area contributed by atoms with Crippen molar-refractivity contribution in [3.63, 3.8) is 0 Å². The summed E-state index contributed by atoms with van der Waals surface area (Å²) in [6.07, 6.45) is 6.22. The van der Waals surface area contributed by atoms with Gasteiger partial charge in [-0.1, -0.05) is 48.7 Å². The van der Waals surface area contributed by atoms with Crippen molar-refractivity contribution in [2.45, 2.75) is 50.1 Å². The summed E-state index contributed by atoms with van der Waals surface area (Å²) in [5.74, 6) is 1.78. The van der Waals surface area contributed by atoms with E-state index >= 15 is 0 Å². The van der Waals surface area contributed by atoms with Crippen molar-refractivity contribution in [3.8, 4) is 0 Å². The van der Waals surface area contributed by atoms with Gasteiger partial charge < -0.3 is 9.88 Å². The van der Waals surface area contributed by atoms with Crippen LogP contribution in [0.15, 0.2) is 23.4 Å². The van der Waals surface area contributed by atoms with E-state index < -0.39 is 0 Å². The summed E-state index contributed by atoms with van der Waals surface area (Å²) in [5.41, 5.74) is 1.62. The first kappa shape index (κ1) is 18.3. The van der Waals surface area contributed by atoms with E-state index in [1.165, 1.54) is 43.9 Å². The molecule has 0 bridgehead atoms. The topological polar surface area (TPSA) is 59.8 Å². The molecule has 3 rings (SSSR count). The number of thioether (sulfide) groups is 1. The SMILES string of the molecule is Cc1c(Cl)cccc1NC(=O)CSc1nnc(C2CCCCC2)n1C. The predicted octanol–water partition coefficient (Wildman–Crippen LogP) is 4.56. The fourth-order valence-electron chi connectivity index (χ4n) is 3.23. The zero-order chi connectivity index (χ0) is 17.8. The molecule has 1 amide bonds. The third-order valence-corrected chi connectivity index (χ3v) is 6.14. The first-order valence-corrected chi connectivity index (χ1v) is 9.99. The number of amides is 1. The lowest BCUT2D eigenvalue weighted by atomic mass is 9.89. The molecule has 1 saturated carbocycles. The summed E-state index contributed by atoms with van der Waals surface area (Å²) in [6, 6.07) is 5.50. The third-order valence-electron chi connectivity index (χ3n) is 4.71. The molecule has 1 N–H and O–H groups in total. The maximum absolute atomic E-state index is 12.2. The molecule has 0 spiro atoms. The highest BCUT2D eigenvalue weighted by molar-refractivity contribution is 7.99. The summed E-state index contributed by atoms with van der Waals surface area (Å²) in [6.45, 7) is 1.89. The molecule has 2 aromatic rings. The summed E-state index contributed by atoms with van der Waals surface area (Å²) < 4.78 is 2.04. The van der Waals surface area contributed by atoms with Crippen molar-refractivity contribution in [2.75, 3.05) is 11.1 Å². The van der Waals surface area contributed by atoms with E-state index in [0.717, 1.165) is 22.2 Å². The van der Waals surface area contributed by atoms with Crippen molar-refractivity contribution < 1.29 is 4.79 Å². The smallest absolute Gasteiger partial charge is 0.234 e. The maximum Gasteiger partial charge on any atom is 0.234 e. The van der Waals surface area contributed by atoms with Gasteiger partial charge in [-0.15, -0.1) is 10.2 Å². The molecule has 25 heavy (non-hydrogen) atoms. The van der Waals surface area contributed by atoms with Crippen LogP contribution in [0.25, 0.3) is 0 Å². The number of anilines is 1. The average molecular weight is 379 g/mol. The summed E-state index contributed by atoms with van der Waals surface area (Å²) in [4.78, 5) is 12.2. The standard InChI is InChI=1S/C18H23ClN4OS/c1-12-14(19)9-6-10-15(12)20-16(24)11-25-18-22-21-17(23(18)2)13-7-4-3-5-8-13/h6,9-10,13H,3-5,7-8,11H2,1-2H3,(H,20,24). The monoisotopic (exact) mass is 378 g/mol.